The van der Waals surface area contributed by atoms with Gasteiger partial charge >= 0.3 is 6.18 Å². The molecule has 0 nitrogen and oxygen atoms in total. The predicted octanol–water partition coefficient (Wildman–Crippen LogP) is 10.6. The third-order valence-corrected chi connectivity index (χ3v) is 9.80. The Labute approximate surface area is 212 Å². The lowest BCUT2D eigenvalue weighted by molar-refractivity contribution is -0.140. The zero-order valence-electron chi connectivity index (χ0n) is 21.6. The summed E-state index contributed by atoms with van der Waals surface area (Å²) in [6, 6.07) is 3.36. The van der Waals surface area contributed by atoms with Crippen molar-refractivity contribution in [2.75, 3.05) is 0 Å². The molecule has 36 heavy (non-hydrogen) atoms. The molecule has 3 aliphatic rings. The zero-order valence-corrected chi connectivity index (χ0v) is 21.6. The van der Waals surface area contributed by atoms with Crippen molar-refractivity contribution >= 4 is 0 Å². The summed E-state index contributed by atoms with van der Waals surface area (Å²) in [4.78, 5) is 0. The average Bonchev–Trinajstić information content (AvgIpc) is 2.84. The van der Waals surface area contributed by atoms with E-state index in [0.717, 1.165) is 82.8 Å². The lowest BCUT2D eigenvalue weighted by Crippen LogP contribution is -2.35. The Balaban J connectivity index is 1.21. The summed E-state index contributed by atoms with van der Waals surface area (Å²) < 4.78 is 82.8. The highest BCUT2D eigenvalue weighted by Crippen LogP contribution is 2.48. The highest BCUT2D eigenvalue weighted by atomic mass is 19.4. The molecule has 1 aromatic rings. The van der Waals surface area contributed by atoms with Crippen LogP contribution in [0, 0.1) is 35.4 Å². The van der Waals surface area contributed by atoms with Crippen molar-refractivity contribution in [3.63, 3.8) is 0 Å². The second-order valence-electron chi connectivity index (χ2n) is 12.1. The van der Waals surface area contributed by atoms with Crippen molar-refractivity contribution in [3.05, 3.63) is 35.1 Å². The highest BCUT2D eigenvalue weighted by Gasteiger charge is 2.44. The van der Waals surface area contributed by atoms with Crippen LogP contribution in [-0.4, -0.2) is 5.92 Å². The van der Waals surface area contributed by atoms with Gasteiger partial charge in [0.1, 0.15) is 5.82 Å². The minimum atomic E-state index is -4.67. The molecule has 0 spiro atoms. The van der Waals surface area contributed by atoms with E-state index in [9.17, 15) is 17.6 Å². The molecule has 0 N–H and O–H groups in total. The SMILES string of the molecule is CCCC1CCC(C(F)(F)CC2CCC(C3CCC(c4ccc(C(F)(F)F)c(F)c4)CC3)CC2)CC1. The fraction of sp³-hybridized carbons (Fsp3) is 0.800. The maximum atomic E-state index is 15.1. The molecule has 204 valence electrons. The van der Waals surface area contributed by atoms with Crippen LogP contribution < -0.4 is 0 Å². The largest absolute Gasteiger partial charge is 0.419 e. The maximum absolute atomic E-state index is 15.1. The molecule has 3 fully saturated rings. The first-order chi connectivity index (χ1) is 17.1. The Bertz CT molecular complexity index is 822. The first-order valence-electron chi connectivity index (χ1n) is 14.3. The van der Waals surface area contributed by atoms with Gasteiger partial charge in [-0.25, -0.2) is 13.2 Å². The summed E-state index contributed by atoms with van der Waals surface area (Å²) in [5.74, 6) is -2.19. The van der Waals surface area contributed by atoms with E-state index in [1.165, 1.54) is 12.5 Å². The molecule has 0 heterocycles. The number of hydrogen-bond donors (Lipinski definition) is 0. The Kier molecular flexibility index (Phi) is 9.03. The van der Waals surface area contributed by atoms with E-state index in [4.69, 9.17) is 0 Å². The molecular weight excluding hydrogens is 474 g/mol. The van der Waals surface area contributed by atoms with Crippen molar-refractivity contribution in [1.29, 1.82) is 0 Å². The molecule has 4 rings (SSSR count). The molecule has 0 saturated heterocycles. The van der Waals surface area contributed by atoms with Gasteiger partial charge in [-0.1, -0.05) is 25.8 Å². The lowest BCUT2D eigenvalue weighted by atomic mass is 9.67. The molecule has 0 aromatic heterocycles. The van der Waals surface area contributed by atoms with E-state index in [-0.39, 0.29) is 18.3 Å². The number of benzene rings is 1. The van der Waals surface area contributed by atoms with Gasteiger partial charge in [0.25, 0.3) is 5.92 Å². The summed E-state index contributed by atoms with van der Waals surface area (Å²) in [5.41, 5.74) is -0.542. The van der Waals surface area contributed by atoms with Crippen molar-refractivity contribution < 1.29 is 26.3 Å². The number of hydrogen-bond acceptors (Lipinski definition) is 0. The summed E-state index contributed by atoms with van der Waals surface area (Å²) in [6.07, 6.45) is 8.45. The molecule has 0 aliphatic heterocycles. The van der Waals surface area contributed by atoms with Crippen LogP contribution in [0.2, 0.25) is 0 Å². The second-order valence-corrected chi connectivity index (χ2v) is 12.1. The van der Waals surface area contributed by atoms with Gasteiger partial charge in [0.05, 0.1) is 5.56 Å². The predicted molar refractivity (Wildman–Crippen MR) is 131 cm³/mol. The van der Waals surface area contributed by atoms with E-state index in [2.05, 4.69) is 6.92 Å². The number of alkyl halides is 5. The van der Waals surface area contributed by atoms with Gasteiger partial charge in [0.2, 0.25) is 0 Å². The van der Waals surface area contributed by atoms with Crippen molar-refractivity contribution in [3.8, 4) is 0 Å². The Hall–Kier alpha value is -1.20. The molecule has 3 aliphatic carbocycles. The van der Waals surface area contributed by atoms with Gasteiger partial charge < -0.3 is 0 Å². The van der Waals surface area contributed by atoms with E-state index < -0.39 is 29.4 Å². The van der Waals surface area contributed by atoms with Gasteiger partial charge in [0.15, 0.2) is 0 Å². The van der Waals surface area contributed by atoms with Crippen LogP contribution in [0.4, 0.5) is 26.3 Å². The highest BCUT2D eigenvalue weighted by molar-refractivity contribution is 5.29. The van der Waals surface area contributed by atoms with Gasteiger partial charge in [-0.15, -0.1) is 0 Å². The Morgan fingerprint density at radius 1 is 0.722 bits per heavy atom. The van der Waals surface area contributed by atoms with Crippen LogP contribution in [0.3, 0.4) is 0 Å². The van der Waals surface area contributed by atoms with E-state index in [1.807, 2.05) is 0 Å². The van der Waals surface area contributed by atoms with Gasteiger partial charge in [-0.05, 0) is 124 Å². The molecule has 0 amide bonds. The number of halogens is 6. The Morgan fingerprint density at radius 3 is 1.81 bits per heavy atom. The summed E-state index contributed by atoms with van der Waals surface area (Å²) in [6.45, 7) is 2.17. The topological polar surface area (TPSA) is 0 Å². The molecule has 6 heteroatoms. The molecule has 0 radical (unpaired) electrons. The van der Waals surface area contributed by atoms with E-state index in [1.54, 1.807) is 0 Å². The molecule has 0 unspecified atom stereocenters. The zero-order chi connectivity index (χ0) is 25.9. The molecule has 3 saturated carbocycles. The maximum Gasteiger partial charge on any atom is 0.419 e. The van der Waals surface area contributed by atoms with Crippen LogP contribution in [0.25, 0.3) is 0 Å². The van der Waals surface area contributed by atoms with Crippen LogP contribution in [0.1, 0.15) is 120 Å². The molecule has 0 bridgehead atoms. The quantitative estimate of drug-likeness (QED) is 0.316. The van der Waals surface area contributed by atoms with Gasteiger partial charge in [-0.3, -0.25) is 0 Å². The first-order valence-corrected chi connectivity index (χ1v) is 14.3. The van der Waals surface area contributed by atoms with Crippen LogP contribution in [-0.2, 0) is 6.18 Å². The smallest absolute Gasteiger partial charge is 0.207 e. The van der Waals surface area contributed by atoms with Crippen molar-refractivity contribution in [2.45, 2.75) is 121 Å². The second kappa shape index (κ2) is 11.7. The number of rotatable bonds is 7. The van der Waals surface area contributed by atoms with E-state index >= 15 is 8.78 Å². The normalized spacial score (nSPS) is 32.4. The molecule has 1 aromatic carbocycles. The van der Waals surface area contributed by atoms with Crippen molar-refractivity contribution in [1.82, 2.24) is 0 Å². The summed E-state index contributed by atoms with van der Waals surface area (Å²) in [7, 11) is 0. The minimum absolute atomic E-state index is 0.0507. The third-order valence-electron chi connectivity index (χ3n) is 9.80. The van der Waals surface area contributed by atoms with E-state index in [0.29, 0.717) is 36.2 Å². The fourth-order valence-electron chi connectivity index (χ4n) is 7.64. The van der Waals surface area contributed by atoms with Crippen LogP contribution in [0.15, 0.2) is 18.2 Å². The Morgan fingerprint density at radius 2 is 1.28 bits per heavy atom. The van der Waals surface area contributed by atoms with Crippen molar-refractivity contribution in [2.24, 2.45) is 29.6 Å². The van der Waals surface area contributed by atoms with Crippen LogP contribution >= 0.6 is 0 Å². The van der Waals surface area contributed by atoms with Crippen LogP contribution in [0.5, 0.6) is 0 Å². The summed E-state index contributed by atoms with van der Waals surface area (Å²) >= 11 is 0. The lowest BCUT2D eigenvalue weighted by Gasteiger charge is -2.40. The fourth-order valence-corrected chi connectivity index (χ4v) is 7.64. The van der Waals surface area contributed by atoms with Gasteiger partial charge in [-0.2, -0.15) is 13.2 Å². The molecular formula is C30H42F6. The molecule has 0 atom stereocenters. The monoisotopic (exact) mass is 516 g/mol. The first kappa shape index (κ1) is 27.8. The minimum Gasteiger partial charge on any atom is -0.207 e. The van der Waals surface area contributed by atoms with Gasteiger partial charge in [0, 0.05) is 12.3 Å². The standard InChI is InChI=1S/C30H42F6/c1-2-3-20-6-15-26(16-7-20)29(32,33)19-21-4-8-22(9-5-21)23-10-12-24(13-11-23)25-14-17-27(28(31)18-25)30(34,35)36/h14,17-18,20-24,26H,2-13,15-16,19H2,1H3. The average molecular weight is 517 g/mol. The third kappa shape index (κ3) is 6.81. The summed E-state index contributed by atoms with van der Waals surface area (Å²) in [5, 5.41) is 0.